The van der Waals surface area contributed by atoms with E-state index in [2.05, 4.69) is 33.4 Å². The fourth-order valence-corrected chi connectivity index (χ4v) is 4.49. The highest BCUT2D eigenvalue weighted by molar-refractivity contribution is 9.10. The number of nitrogens with one attached hydrogen (secondary N) is 1. The molecule has 1 saturated heterocycles. The molecule has 1 heterocycles. The Morgan fingerprint density at radius 1 is 0.862 bits per heavy atom. The lowest BCUT2D eigenvalue weighted by atomic mass is 9.81. The van der Waals surface area contributed by atoms with Crippen molar-refractivity contribution in [3.8, 4) is 0 Å². The second-order valence-corrected chi connectivity index (χ2v) is 8.36. The minimum atomic E-state index is -0.430. The third-order valence-electron chi connectivity index (χ3n) is 5.61. The molecule has 0 unspecified atom stereocenters. The number of amides is 1. The number of ether oxygens (including phenoxy) is 1. The molecule has 0 aliphatic carbocycles. The molecule has 3 nitrogen and oxygen atoms in total. The highest BCUT2D eigenvalue weighted by Gasteiger charge is 2.38. The molecular weight excluding hydrogens is 426 g/mol. The van der Waals surface area contributed by atoms with Crippen LogP contribution in [0.4, 0.5) is 0 Å². The zero-order valence-electron chi connectivity index (χ0n) is 16.2. The van der Waals surface area contributed by atoms with E-state index in [0.717, 1.165) is 34.0 Å². The first-order chi connectivity index (χ1) is 14.2. The van der Waals surface area contributed by atoms with Gasteiger partial charge in [0, 0.05) is 17.7 Å². The van der Waals surface area contributed by atoms with E-state index < -0.39 is 5.54 Å². The molecule has 1 aliphatic rings. The molecule has 0 atom stereocenters. The number of carbonyl (C=O) groups is 1. The molecule has 3 aromatic rings. The topological polar surface area (TPSA) is 38.3 Å². The SMILES string of the molecule is O=C(NC1(c2cccc(Br)c2)CCOCC1)C(c1ccccc1)c1ccccc1. The summed E-state index contributed by atoms with van der Waals surface area (Å²) in [6, 6.07) is 28.2. The first-order valence-electron chi connectivity index (χ1n) is 9.94. The third-order valence-corrected chi connectivity index (χ3v) is 6.11. The average Bonchev–Trinajstić information content (AvgIpc) is 2.76. The Hall–Kier alpha value is -2.43. The van der Waals surface area contributed by atoms with Gasteiger partial charge >= 0.3 is 0 Å². The molecule has 1 N–H and O–H groups in total. The van der Waals surface area contributed by atoms with Gasteiger partial charge in [0.15, 0.2) is 0 Å². The van der Waals surface area contributed by atoms with Gasteiger partial charge in [0.05, 0.1) is 11.5 Å². The van der Waals surface area contributed by atoms with Gasteiger partial charge in [-0.3, -0.25) is 4.79 Å². The minimum Gasteiger partial charge on any atom is -0.381 e. The summed E-state index contributed by atoms with van der Waals surface area (Å²) in [5.41, 5.74) is 2.67. The predicted octanol–water partition coefficient (Wildman–Crippen LogP) is 5.40. The van der Waals surface area contributed by atoms with E-state index in [9.17, 15) is 4.79 Å². The summed E-state index contributed by atoms with van der Waals surface area (Å²) < 4.78 is 6.64. The highest BCUT2D eigenvalue weighted by Crippen LogP contribution is 2.35. The van der Waals surface area contributed by atoms with Crippen molar-refractivity contribution >= 4 is 21.8 Å². The van der Waals surface area contributed by atoms with Crippen molar-refractivity contribution in [2.45, 2.75) is 24.3 Å². The van der Waals surface area contributed by atoms with E-state index in [0.29, 0.717) is 13.2 Å². The van der Waals surface area contributed by atoms with E-state index in [1.165, 1.54) is 0 Å². The van der Waals surface area contributed by atoms with Crippen molar-refractivity contribution < 1.29 is 9.53 Å². The molecule has 0 aromatic heterocycles. The zero-order chi connectivity index (χ0) is 20.1. The third kappa shape index (κ3) is 4.44. The van der Waals surface area contributed by atoms with Gasteiger partial charge < -0.3 is 10.1 Å². The molecule has 3 aromatic carbocycles. The predicted molar refractivity (Wildman–Crippen MR) is 119 cm³/mol. The van der Waals surface area contributed by atoms with Crippen molar-refractivity contribution in [3.05, 3.63) is 106 Å². The van der Waals surface area contributed by atoms with E-state index in [-0.39, 0.29) is 11.8 Å². The monoisotopic (exact) mass is 449 g/mol. The molecular formula is C25H24BrNO2. The number of carbonyl (C=O) groups excluding carboxylic acids is 1. The number of hydrogen-bond donors (Lipinski definition) is 1. The van der Waals surface area contributed by atoms with E-state index >= 15 is 0 Å². The van der Waals surface area contributed by atoms with Gasteiger partial charge in [0.2, 0.25) is 5.91 Å². The van der Waals surface area contributed by atoms with E-state index in [1.54, 1.807) is 0 Å². The summed E-state index contributed by atoms with van der Waals surface area (Å²) in [4.78, 5) is 13.7. The van der Waals surface area contributed by atoms with Crippen LogP contribution in [0.3, 0.4) is 0 Å². The van der Waals surface area contributed by atoms with Gasteiger partial charge in [0.25, 0.3) is 0 Å². The van der Waals surface area contributed by atoms with Crippen LogP contribution < -0.4 is 5.32 Å². The van der Waals surface area contributed by atoms with Gasteiger partial charge in [-0.2, -0.15) is 0 Å². The number of halogens is 1. The molecule has 4 rings (SSSR count). The summed E-state index contributed by atoms with van der Waals surface area (Å²) in [6.45, 7) is 1.27. The van der Waals surface area contributed by atoms with Crippen LogP contribution in [-0.2, 0) is 15.1 Å². The Balaban J connectivity index is 1.71. The van der Waals surface area contributed by atoms with E-state index in [4.69, 9.17) is 4.74 Å². The lowest BCUT2D eigenvalue weighted by molar-refractivity contribution is -0.125. The van der Waals surface area contributed by atoms with Crippen LogP contribution in [-0.4, -0.2) is 19.1 Å². The van der Waals surface area contributed by atoms with Gasteiger partial charge in [-0.1, -0.05) is 88.7 Å². The van der Waals surface area contributed by atoms with Crippen LogP contribution in [0.5, 0.6) is 0 Å². The van der Waals surface area contributed by atoms with Crippen LogP contribution in [0, 0.1) is 0 Å². The first-order valence-corrected chi connectivity index (χ1v) is 10.7. The fourth-order valence-electron chi connectivity index (χ4n) is 4.09. The smallest absolute Gasteiger partial charge is 0.232 e. The van der Waals surface area contributed by atoms with Gasteiger partial charge in [-0.25, -0.2) is 0 Å². The Bertz CT molecular complexity index is 913. The minimum absolute atomic E-state index is 0.0178. The number of hydrogen-bond acceptors (Lipinski definition) is 2. The van der Waals surface area contributed by atoms with Crippen LogP contribution in [0.2, 0.25) is 0 Å². The maximum absolute atomic E-state index is 13.7. The average molecular weight is 450 g/mol. The molecule has 148 valence electrons. The Morgan fingerprint density at radius 3 is 2.00 bits per heavy atom. The van der Waals surface area contributed by atoms with Crippen LogP contribution in [0.1, 0.15) is 35.4 Å². The summed E-state index contributed by atoms with van der Waals surface area (Å²) in [6.07, 6.45) is 1.51. The second-order valence-electron chi connectivity index (χ2n) is 7.45. The molecule has 1 amide bonds. The lowest BCUT2D eigenvalue weighted by Gasteiger charge is -2.39. The molecule has 4 heteroatoms. The van der Waals surface area contributed by atoms with Crippen molar-refractivity contribution in [2.75, 3.05) is 13.2 Å². The van der Waals surface area contributed by atoms with Crippen LogP contribution >= 0.6 is 15.9 Å². The highest BCUT2D eigenvalue weighted by atomic mass is 79.9. The normalized spacial score (nSPS) is 15.8. The van der Waals surface area contributed by atoms with Crippen LogP contribution in [0.25, 0.3) is 0 Å². The fraction of sp³-hybridized carbons (Fsp3) is 0.240. The summed E-state index contributed by atoms with van der Waals surface area (Å²) in [5, 5.41) is 3.43. The Labute approximate surface area is 180 Å². The molecule has 0 bridgehead atoms. The Morgan fingerprint density at radius 2 is 1.45 bits per heavy atom. The van der Waals surface area contributed by atoms with Gasteiger partial charge in [0.1, 0.15) is 0 Å². The molecule has 29 heavy (non-hydrogen) atoms. The van der Waals surface area contributed by atoms with Crippen molar-refractivity contribution in [2.24, 2.45) is 0 Å². The lowest BCUT2D eigenvalue weighted by Crippen LogP contribution is -2.51. The van der Waals surface area contributed by atoms with Crippen molar-refractivity contribution in [1.29, 1.82) is 0 Å². The standard InChI is InChI=1S/C25H24BrNO2/c26-22-13-7-12-21(18-22)25(14-16-29-17-15-25)27-24(28)23(19-8-3-1-4-9-19)20-10-5-2-6-11-20/h1-13,18,23H,14-17H2,(H,27,28). The van der Waals surface area contributed by atoms with Crippen LogP contribution in [0.15, 0.2) is 89.4 Å². The first kappa shape index (κ1) is 19.9. The largest absolute Gasteiger partial charge is 0.381 e. The van der Waals surface area contributed by atoms with E-state index in [1.807, 2.05) is 72.8 Å². The van der Waals surface area contributed by atoms with Crippen molar-refractivity contribution in [3.63, 3.8) is 0 Å². The molecule has 0 radical (unpaired) electrons. The summed E-state index contributed by atoms with van der Waals surface area (Å²) in [5.74, 6) is -0.339. The van der Waals surface area contributed by atoms with Gasteiger partial charge in [-0.15, -0.1) is 0 Å². The molecule has 1 fully saturated rings. The Kier molecular flexibility index (Phi) is 6.12. The second kappa shape index (κ2) is 8.93. The summed E-state index contributed by atoms with van der Waals surface area (Å²) in [7, 11) is 0. The van der Waals surface area contributed by atoms with Gasteiger partial charge in [-0.05, 0) is 41.7 Å². The number of benzene rings is 3. The number of rotatable bonds is 5. The molecule has 1 aliphatic heterocycles. The van der Waals surface area contributed by atoms with Crippen molar-refractivity contribution in [1.82, 2.24) is 5.32 Å². The molecule has 0 spiro atoms. The maximum atomic E-state index is 13.7. The molecule has 0 saturated carbocycles. The zero-order valence-corrected chi connectivity index (χ0v) is 17.8. The maximum Gasteiger partial charge on any atom is 0.232 e. The quantitative estimate of drug-likeness (QED) is 0.565. The summed E-state index contributed by atoms with van der Waals surface area (Å²) >= 11 is 3.58.